The number of nitrogens with one attached hydrogen (secondary N) is 2. The van der Waals surface area contributed by atoms with Crippen LogP contribution in [-0.2, 0) is 0 Å². The van der Waals surface area contributed by atoms with E-state index in [1.165, 1.54) is 31.0 Å². The van der Waals surface area contributed by atoms with Crippen LogP contribution < -0.4 is 10.6 Å². The zero-order chi connectivity index (χ0) is 17.4. The van der Waals surface area contributed by atoms with Crippen molar-refractivity contribution in [2.45, 2.75) is 42.1 Å². The molecule has 1 saturated heterocycles. The zero-order valence-electron chi connectivity index (χ0n) is 14.0. The van der Waals surface area contributed by atoms with Gasteiger partial charge in [-0.15, -0.1) is 0 Å². The molecule has 0 bridgehead atoms. The summed E-state index contributed by atoms with van der Waals surface area (Å²) in [7, 11) is 0. The average Bonchev–Trinajstić information content (AvgIpc) is 2.99. The van der Waals surface area contributed by atoms with Crippen molar-refractivity contribution in [1.82, 2.24) is 15.3 Å². The summed E-state index contributed by atoms with van der Waals surface area (Å²) in [5.74, 6) is 0.855. The van der Waals surface area contributed by atoms with E-state index in [4.69, 9.17) is 28.2 Å². The van der Waals surface area contributed by atoms with E-state index in [1.54, 1.807) is 6.07 Å². The smallest absolute Gasteiger partial charge is 0.145 e. The van der Waals surface area contributed by atoms with Gasteiger partial charge in [0.05, 0.1) is 21.9 Å². The van der Waals surface area contributed by atoms with Crippen LogP contribution in [0.3, 0.4) is 0 Å². The highest BCUT2D eigenvalue weighted by molar-refractivity contribution is 7.99. The molecule has 25 heavy (non-hydrogen) atoms. The second-order valence-corrected chi connectivity index (χ2v) is 8.80. The fourth-order valence-corrected chi connectivity index (χ4v) is 4.97. The Morgan fingerprint density at radius 3 is 2.84 bits per heavy atom. The number of nitrogens with zero attached hydrogens (tertiary/aromatic N) is 2. The largest absolute Gasteiger partial charge is 0.366 e. The number of benzene rings is 1. The molecule has 2 aromatic rings. The number of rotatable bonds is 4. The highest BCUT2D eigenvalue weighted by Crippen LogP contribution is 2.42. The van der Waals surface area contributed by atoms with E-state index in [0.29, 0.717) is 21.5 Å². The van der Waals surface area contributed by atoms with Gasteiger partial charge in [-0.25, -0.2) is 9.97 Å². The number of aromatic nitrogens is 2. The molecular formula is C18H20Cl2N4S. The third-order valence-corrected chi connectivity index (χ3v) is 7.16. The number of hydrogen-bond donors (Lipinski definition) is 2. The van der Waals surface area contributed by atoms with Crippen molar-refractivity contribution < 1.29 is 0 Å². The lowest BCUT2D eigenvalue weighted by Gasteiger charge is -2.39. The van der Waals surface area contributed by atoms with Crippen LogP contribution in [0.4, 0.5) is 5.82 Å². The van der Waals surface area contributed by atoms with E-state index < -0.39 is 0 Å². The van der Waals surface area contributed by atoms with Crippen LogP contribution in [0.15, 0.2) is 34.3 Å². The van der Waals surface area contributed by atoms with Crippen LogP contribution in [0.2, 0.25) is 10.0 Å². The summed E-state index contributed by atoms with van der Waals surface area (Å²) in [4.78, 5) is 10.2. The molecule has 1 aromatic heterocycles. The molecule has 2 aliphatic rings. The van der Waals surface area contributed by atoms with Crippen LogP contribution in [0, 0.1) is 12.3 Å². The first-order chi connectivity index (χ1) is 12.0. The molecule has 1 atom stereocenters. The third kappa shape index (κ3) is 3.61. The molecule has 1 saturated carbocycles. The lowest BCUT2D eigenvalue weighted by molar-refractivity contribution is 0.176. The first-order valence-corrected chi connectivity index (χ1v) is 10.0. The first-order valence-electron chi connectivity index (χ1n) is 8.47. The molecule has 7 heteroatoms. The third-order valence-electron chi connectivity index (χ3n) is 5.08. The van der Waals surface area contributed by atoms with Gasteiger partial charge in [-0.05, 0) is 43.7 Å². The molecular weight excluding hydrogens is 375 g/mol. The fourth-order valence-electron chi connectivity index (χ4n) is 3.65. The monoisotopic (exact) mass is 394 g/mol. The van der Waals surface area contributed by atoms with Gasteiger partial charge in [0.1, 0.15) is 10.8 Å². The quantitative estimate of drug-likeness (QED) is 0.779. The summed E-state index contributed by atoms with van der Waals surface area (Å²) in [5, 5.41) is 8.91. The molecule has 2 fully saturated rings. The second-order valence-electron chi connectivity index (χ2n) is 6.99. The van der Waals surface area contributed by atoms with Gasteiger partial charge in [-0.3, -0.25) is 0 Å². The van der Waals surface area contributed by atoms with Crippen molar-refractivity contribution in [3.63, 3.8) is 0 Å². The summed E-state index contributed by atoms with van der Waals surface area (Å²) >= 11 is 13.8. The minimum absolute atomic E-state index is 0.497. The Bertz CT molecular complexity index is 795. The lowest BCUT2D eigenvalue weighted by Crippen LogP contribution is -2.52. The van der Waals surface area contributed by atoms with Gasteiger partial charge in [0.2, 0.25) is 0 Å². The van der Waals surface area contributed by atoms with Crippen molar-refractivity contribution in [3.8, 4) is 0 Å². The number of hydrogen-bond acceptors (Lipinski definition) is 5. The molecule has 4 nitrogen and oxygen atoms in total. The highest BCUT2D eigenvalue weighted by Gasteiger charge is 2.43. The molecule has 1 aromatic carbocycles. The van der Waals surface area contributed by atoms with Crippen molar-refractivity contribution >= 4 is 40.8 Å². The summed E-state index contributed by atoms with van der Waals surface area (Å²) < 4.78 is 0. The van der Waals surface area contributed by atoms with E-state index in [2.05, 4.69) is 15.6 Å². The van der Waals surface area contributed by atoms with Crippen LogP contribution in [0.1, 0.15) is 25.0 Å². The lowest BCUT2D eigenvalue weighted by atomic mass is 9.80. The van der Waals surface area contributed by atoms with E-state index in [-0.39, 0.29) is 0 Å². The molecule has 0 radical (unpaired) electrons. The Morgan fingerprint density at radius 2 is 2.16 bits per heavy atom. The predicted molar refractivity (Wildman–Crippen MR) is 104 cm³/mol. The SMILES string of the molecule is Cc1nc(NC2CCC3(CNC3)C2)cnc1Sc1cccc(Cl)c1Cl. The molecule has 1 aliphatic carbocycles. The Morgan fingerprint density at radius 1 is 1.32 bits per heavy atom. The van der Waals surface area contributed by atoms with Gasteiger partial charge in [0, 0.05) is 24.0 Å². The van der Waals surface area contributed by atoms with Crippen LogP contribution in [-0.4, -0.2) is 29.1 Å². The zero-order valence-corrected chi connectivity index (χ0v) is 16.3. The summed E-state index contributed by atoms with van der Waals surface area (Å²) in [6, 6.07) is 6.11. The standard InChI is InChI=1S/C18H20Cl2N4S/c1-11-17(25-14-4-2-3-13(19)16(14)20)22-8-15(23-11)24-12-5-6-18(7-12)9-21-10-18/h2-4,8,12,21H,5-7,9-10H2,1H3,(H,23,24). The Kier molecular flexibility index (Phi) is 4.84. The molecule has 1 spiro atoms. The summed E-state index contributed by atoms with van der Waals surface area (Å²) in [6.45, 7) is 4.29. The Balaban J connectivity index is 1.45. The topological polar surface area (TPSA) is 49.8 Å². The number of anilines is 1. The molecule has 1 unspecified atom stereocenters. The minimum Gasteiger partial charge on any atom is -0.366 e. The summed E-state index contributed by atoms with van der Waals surface area (Å²) in [5.41, 5.74) is 1.42. The highest BCUT2D eigenvalue weighted by atomic mass is 35.5. The van der Waals surface area contributed by atoms with Crippen LogP contribution in [0.25, 0.3) is 0 Å². The maximum Gasteiger partial charge on any atom is 0.145 e. The fraction of sp³-hybridized carbons (Fsp3) is 0.444. The normalized spacial score (nSPS) is 21.3. The Labute approximate surface area is 162 Å². The van der Waals surface area contributed by atoms with E-state index >= 15 is 0 Å². The van der Waals surface area contributed by atoms with Crippen molar-refractivity contribution in [2.24, 2.45) is 5.41 Å². The van der Waals surface area contributed by atoms with Crippen LogP contribution in [0.5, 0.6) is 0 Å². The average molecular weight is 395 g/mol. The molecule has 0 amide bonds. The molecule has 4 rings (SSSR count). The van der Waals surface area contributed by atoms with Crippen molar-refractivity contribution in [2.75, 3.05) is 18.4 Å². The molecule has 1 aliphatic heterocycles. The molecule has 132 valence electrons. The van der Waals surface area contributed by atoms with E-state index in [1.807, 2.05) is 25.3 Å². The van der Waals surface area contributed by atoms with Gasteiger partial charge >= 0.3 is 0 Å². The number of aryl methyl sites for hydroxylation is 1. The van der Waals surface area contributed by atoms with Gasteiger partial charge in [-0.2, -0.15) is 0 Å². The first kappa shape index (κ1) is 17.4. The maximum atomic E-state index is 6.27. The van der Waals surface area contributed by atoms with Crippen LogP contribution >= 0.6 is 35.0 Å². The minimum atomic E-state index is 0.497. The van der Waals surface area contributed by atoms with Gasteiger partial charge < -0.3 is 10.6 Å². The maximum absolute atomic E-state index is 6.27. The van der Waals surface area contributed by atoms with Gasteiger partial charge in [0.25, 0.3) is 0 Å². The van der Waals surface area contributed by atoms with E-state index in [0.717, 1.165) is 34.5 Å². The van der Waals surface area contributed by atoms with Gasteiger partial charge in [-0.1, -0.05) is 41.0 Å². The Hall–Kier alpha value is -1.01. The van der Waals surface area contributed by atoms with Crippen molar-refractivity contribution in [3.05, 3.63) is 40.1 Å². The second kappa shape index (κ2) is 6.95. The number of halogens is 2. The van der Waals surface area contributed by atoms with Gasteiger partial charge in [0.15, 0.2) is 0 Å². The van der Waals surface area contributed by atoms with E-state index in [9.17, 15) is 0 Å². The predicted octanol–water partition coefficient (Wildman–Crippen LogP) is 4.80. The van der Waals surface area contributed by atoms with Crippen molar-refractivity contribution in [1.29, 1.82) is 0 Å². The molecule has 2 heterocycles. The summed E-state index contributed by atoms with van der Waals surface area (Å²) in [6.07, 6.45) is 5.54. The molecule has 2 N–H and O–H groups in total.